The molecule has 3 rings (SSSR count). The van der Waals surface area contributed by atoms with E-state index in [1.165, 1.54) is 0 Å². The van der Waals surface area contributed by atoms with Crippen molar-refractivity contribution in [3.63, 3.8) is 0 Å². The molecule has 1 saturated heterocycles. The number of nitrogens with zero attached hydrogens (tertiary/aromatic N) is 2. The number of amides is 1. The number of rotatable bonds is 2. The molecule has 1 aromatic carbocycles. The highest BCUT2D eigenvalue weighted by atomic mass is 35.5. The lowest BCUT2D eigenvalue weighted by molar-refractivity contribution is 0.0745. The fourth-order valence-electron chi connectivity index (χ4n) is 2.74. The topological polar surface area (TPSA) is 45.2 Å². The van der Waals surface area contributed by atoms with Crippen LogP contribution in [0.2, 0.25) is 0 Å². The van der Waals surface area contributed by atoms with Crippen LogP contribution in [0.3, 0.4) is 0 Å². The third-order valence-corrected chi connectivity index (χ3v) is 3.99. The van der Waals surface area contributed by atoms with E-state index in [2.05, 4.69) is 10.3 Å². The second-order valence-corrected chi connectivity index (χ2v) is 5.39. The van der Waals surface area contributed by atoms with E-state index in [-0.39, 0.29) is 36.8 Å². The molecule has 0 bridgehead atoms. The van der Waals surface area contributed by atoms with E-state index < -0.39 is 0 Å². The summed E-state index contributed by atoms with van der Waals surface area (Å²) >= 11 is 0. The standard InChI is InChI=1S/C16H19N3O.2ClH/c1-11-6-7-12-4-3-5-14(15(12)18-11)16(20)19(2)13-8-9-17-10-13;;/h3-7,13,17H,8-10H2,1-2H3;2*1H. The Morgan fingerprint density at radius 1 is 1.27 bits per heavy atom. The van der Waals surface area contributed by atoms with Crippen LogP contribution in [0.15, 0.2) is 30.3 Å². The van der Waals surface area contributed by atoms with Crippen molar-refractivity contribution in [1.82, 2.24) is 15.2 Å². The van der Waals surface area contributed by atoms with Crippen molar-refractivity contribution in [3.05, 3.63) is 41.6 Å². The third kappa shape index (κ3) is 3.51. The molecular formula is C16H21Cl2N3O. The number of aromatic nitrogens is 1. The van der Waals surface area contributed by atoms with Crippen LogP contribution in [0.5, 0.6) is 0 Å². The number of hydrogen-bond acceptors (Lipinski definition) is 3. The molecule has 1 aliphatic heterocycles. The average molecular weight is 342 g/mol. The van der Waals surface area contributed by atoms with Crippen LogP contribution in [0.4, 0.5) is 0 Å². The lowest BCUT2D eigenvalue weighted by Crippen LogP contribution is -2.38. The van der Waals surface area contributed by atoms with E-state index in [0.717, 1.165) is 36.1 Å². The van der Waals surface area contributed by atoms with E-state index >= 15 is 0 Å². The highest BCUT2D eigenvalue weighted by Gasteiger charge is 2.25. The maximum atomic E-state index is 12.7. The second kappa shape index (κ2) is 7.77. The Kier molecular flexibility index (Phi) is 6.60. The summed E-state index contributed by atoms with van der Waals surface area (Å²) in [6.07, 6.45) is 1.01. The van der Waals surface area contributed by atoms with E-state index in [0.29, 0.717) is 5.56 Å². The zero-order valence-corrected chi connectivity index (χ0v) is 14.3. The second-order valence-electron chi connectivity index (χ2n) is 5.39. The van der Waals surface area contributed by atoms with Gasteiger partial charge in [-0.2, -0.15) is 0 Å². The van der Waals surface area contributed by atoms with Crippen molar-refractivity contribution >= 4 is 41.6 Å². The van der Waals surface area contributed by atoms with Gasteiger partial charge in [-0.1, -0.05) is 18.2 Å². The first-order chi connectivity index (χ1) is 9.66. The number of fused-ring (bicyclic) bond motifs is 1. The molecular weight excluding hydrogens is 321 g/mol. The van der Waals surface area contributed by atoms with Gasteiger partial charge in [0.2, 0.25) is 0 Å². The molecule has 0 radical (unpaired) electrons. The van der Waals surface area contributed by atoms with Crippen molar-refractivity contribution < 1.29 is 4.79 Å². The van der Waals surface area contributed by atoms with Crippen LogP contribution in [0, 0.1) is 6.92 Å². The first kappa shape index (κ1) is 18.7. The highest BCUT2D eigenvalue weighted by Crippen LogP contribution is 2.20. The Balaban J connectivity index is 0.00000121. The fraction of sp³-hybridized carbons (Fsp3) is 0.375. The molecule has 1 N–H and O–H groups in total. The van der Waals surface area contributed by atoms with Gasteiger partial charge in [0.15, 0.2) is 0 Å². The molecule has 1 unspecified atom stereocenters. The van der Waals surface area contributed by atoms with Gasteiger partial charge < -0.3 is 10.2 Å². The third-order valence-electron chi connectivity index (χ3n) is 3.99. The first-order valence-corrected chi connectivity index (χ1v) is 7.01. The SMILES string of the molecule is Cc1ccc2cccc(C(=O)N(C)C3CCNC3)c2n1.Cl.Cl. The van der Waals surface area contributed by atoms with Crippen LogP contribution in [0.1, 0.15) is 22.5 Å². The van der Waals surface area contributed by atoms with Crippen molar-refractivity contribution in [3.8, 4) is 0 Å². The summed E-state index contributed by atoms with van der Waals surface area (Å²) in [7, 11) is 1.88. The minimum absolute atomic E-state index is 0. The zero-order valence-electron chi connectivity index (χ0n) is 12.7. The smallest absolute Gasteiger partial charge is 0.256 e. The summed E-state index contributed by atoms with van der Waals surface area (Å²) < 4.78 is 0. The number of benzene rings is 1. The Hall–Kier alpha value is -1.36. The van der Waals surface area contributed by atoms with Gasteiger partial charge in [-0.3, -0.25) is 9.78 Å². The summed E-state index contributed by atoms with van der Waals surface area (Å²) in [5.74, 6) is 0.0578. The molecule has 0 aliphatic carbocycles. The number of carbonyl (C=O) groups excluding carboxylic acids is 1. The number of para-hydroxylation sites is 1. The summed E-state index contributed by atoms with van der Waals surface area (Å²) in [5, 5.41) is 4.31. The molecule has 1 fully saturated rings. The Morgan fingerprint density at radius 3 is 2.73 bits per heavy atom. The molecule has 1 aliphatic rings. The van der Waals surface area contributed by atoms with Gasteiger partial charge >= 0.3 is 0 Å². The average Bonchev–Trinajstić information content (AvgIpc) is 2.99. The molecule has 0 spiro atoms. The lowest BCUT2D eigenvalue weighted by atomic mass is 10.1. The zero-order chi connectivity index (χ0) is 14.1. The molecule has 2 aromatic rings. The lowest BCUT2D eigenvalue weighted by Gasteiger charge is -2.24. The van der Waals surface area contributed by atoms with E-state index in [9.17, 15) is 4.79 Å². The Bertz CT molecular complexity index is 657. The molecule has 1 amide bonds. The Morgan fingerprint density at radius 2 is 2.05 bits per heavy atom. The van der Waals surface area contributed by atoms with Crippen molar-refractivity contribution in [2.75, 3.05) is 20.1 Å². The van der Waals surface area contributed by atoms with Gasteiger partial charge in [-0.25, -0.2) is 0 Å². The van der Waals surface area contributed by atoms with Crippen LogP contribution >= 0.6 is 24.8 Å². The summed E-state index contributed by atoms with van der Waals surface area (Å²) in [4.78, 5) is 19.1. The van der Waals surface area contributed by atoms with Gasteiger partial charge in [0.1, 0.15) is 0 Å². The predicted molar refractivity (Wildman–Crippen MR) is 94.3 cm³/mol. The predicted octanol–water partition coefficient (Wildman–Crippen LogP) is 2.82. The number of pyridine rings is 1. The van der Waals surface area contributed by atoms with Crippen LogP contribution in [-0.2, 0) is 0 Å². The maximum Gasteiger partial charge on any atom is 0.256 e. The number of halogens is 2. The molecule has 2 heterocycles. The van der Waals surface area contributed by atoms with E-state index in [1.807, 2.05) is 49.2 Å². The minimum Gasteiger partial charge on any atom is -0.337 e. The van der Waals surface area contributed by atoms with Gasteiger partial charge in [0, 0.05) is 30.7 Å². The molecule has 22 heavy (non-hydrogen) atoms. The highest BCUT2D eigenvalue weighted by molar-refractivity contribution is 6.05. The van der Waals surface area contributed by atoms with Crippen LogP contribution in [0.25, 0.3) is 10.9 Å². The van der Waals surface area contributed by atoms with Gasteiger partial charge in [0.05, 0.1) is 11.1 Å². The summed E-state index contributed by atoms with van der Waals surface area (Å²) in [5.41, 5.74) is 2.43. The van der Waals surface area contributed by atoms with Crippen LogP contribution < -0.4 is 5.32 Å². The summed E-state index contributed by atoms with van der Waals surface area (Å²) in [6.45, 7) is 3.81. The van der Waals surface area contributed by atoms with Crippen molar-refractivity contribution in [2.24, 2.45) is 0 Å². The number of nitrogens with one attached hydrogen (secondary N) is 1. The first-order valence-electron chi connectivity index (χ1n) is 7.01. The van der Waals surface area contributed by atoms with E-state index in [1.54, 1.807) is 0 Å². The van der Waals surface area contributed by atoms with Gasteiger partial charge in [-0.05, 0) is 32.0 Å². The monoisotopic (exact) mass is 341 g/mol. The summed E-state index contributed by atoms with van der Waals surface area (Å²) in [6, 6.07) is 10.1. The molecule has 120 valence electrons. The van der Waals surface area contributed by atoms with Crippen LogP contribution in [-0.4, -0.2) is 42.0 Å². The van der Waals surface area contributed by atoms with Crippen molar-refractivity contribution in [2.45, 2.75) is 19.4 Å². The molecule has 6 heteroatoms. The number of carbonyl (C=O) groups is 1. The maximum absolute atomic E-state index is 12.7. The van der Waals surface area contributed by atoms with Crippen molar-refractivity contribution in [1.29, 1.82) is 0 Å². The molecule has 4 nitrogen and oxygen atoms in total. The number of hydrogen-bond donors (Lipinski definition) is 1. The largest absolute Gasteiger partial charge is 0.337 e. The Labute approximate surface area is 143 Å². The molecule has 1 aromatic heterocycles. The molecule has 1 atom stereocenters. The fourth-order valence-corrected chi connectivity index (χ4v) is 2.74. The van der Waals surface area contributed by atoms with Gasteiger partial charge in [0.25, 0.3) is 5.91 Å². The van der Waals surface area contributed by atoms with Gasteiger partial charge in [-0.15, -0.1) is 24.8 Å². The van der Waals surface area contributed by atoms with E-state index in [4.69, 9.17) is 0 Å². The minimum atomic E-state index is 0. The normalized spacial score (nSPS) is 16.7. The quantitative estimate of drug-likeness (QED) is 0.913. The number of likely N-dealkylation sites (N-methyl/N-ethyl adjacent to an activating group) is 1. The number of aryl methyl sites for hydroxylation is 1. The molecule has 0 saturated carbocycles.